The highest BCUT2D eigenvalue weighted by molar-refractivity contribution is 9.10. The maximum Gasteiger partial charge on any atom is 0.342 e. The molecule has 8 nitrogen and oxygen atoms in total. The second-order valence-electron chi connectivity index (χ2n) is 5.65. The van der Waals surface area contributed by atoms with Gasteiger partial charge in [-0.15, -0.1) is 0 Å². The third-order valence-electron chi connectivity index (χ3n) is 3.61. The molecule has 10 heteroatoms. The lowest BCUT2D eigenvalue weighted by atomic mass is 10.1. The van der Waals surface area contributed by atoms with Crippen molar-refractivity contribution in [2.24, 2.45) is 5.73 Å². The summed E-state index contributed by atoms with van der Waals surface area (Å²) in [5.74, 6) is -2.09. The molecule has 1 unspecified atom stereocenters. The number of primary amides is 1. The van der Waals surface area contributed by atoms with Gasteiger partial charge in [0.15, 0.2) is 6.10 Å². The van der Waals surface area contributed by atoms with Crippen LogP contribution in [-0.2, 0) is 9.53 Å². The van der Waals surface area contributed by atoms with Crippen LogP contribution in [0.5, 0.6) is 5.75 Å². The number of nitrogens with two attached hydrogens (primary N) is 1. The van der Waals surface area contributed by atoms with Gasteiger partial charge in [-0.2, -0.15) is 0 Å². The molecule has 0 bridgehead atoms. The number of ether oxygens (including phenoxy) is 2. The van der Waals surface area contributed by atoms with Crippen LogP contribution in [0.3, 0.4) is 0 Å². The van der Waals surface area contributed by atoms with Crippen molar-refractivity contribution < 1.29 is 28.3 Å². The summed E-state index contributed by atoms with van der Waals surface area (Å²) < 4.78 is 16.4. The van der Waals surface area contributed by atoms with Crippen LogP contribution in [-0.4, -0.2) is 30.5 Å². The average Bonchev–Trinajstić information content (AvgIpc) is 2.93. The van der Waals surface area contributed by atoms with E-state index in [0.717, 1.165) is 0 Å². The average molecular weight is 474 g/mol. The lowest BCUT2D eigenvalue weighted by Crippen LogP contribution is -2.31. The number of carbonyl (C=O) groups is 3. The molecule has 3 N–H and O–H groups in total. The minimum atomic E-state index is -0.963. The van der Waals surface area contributed by atoms with Crippen LogP contribution >= 0.6 is 27.5 Å². The van der Waals surface area contributed by atoms with Gasteiger partial charge in [0, 0.05) is 5.02 Å². The summed E-state index contributed by atoms with van der Waals surface area (Å²) in [6, 6.07) is 4.83. The first-order valence-corrected chi connectivity index (χ1v) is 9.35. The number of esters is 1. The minimum absolute atomic E-state index is 0.0940. The Morgan fingerprint density at radius 1 is 1.32 bits per heavy atom. The Hall–Kier alpha value is -2.52. The molecule has 28 heavy (non-hydrogen) atoms. The summed E-state index contributed by atoms with van der Waals surface area (Å²) in [4.78, 5) is 36.4. The molecular formula is C18H18BrClN2O6. The van der Waals surface area contributed by atoms with Gasteiger partial charge in [0.25, 0.3) is 11.8 Å². The zero-order chi connectivity index (χ0) is 21.0. The highest BCUT2D eigenvalue weighted by Gasteiger charge is 2.30. The Balaban J connectivity index is 2.24. The number of hydrogen-bond donors (Lipinski definition) is 2. The normalized spacial score (nSPS) is 11.6. The molecule has 0 saturated heterocycles. The first kappa shape index (κ1) is 21.8. The number of carbonyl (C=O) groups excluding carboxylic acids is 3. The van der Waals surface area contributed by atoms with E-state index >= 15 is 0 Å². The fourth-order valence-corrected chi connectivity index (χ4v) is 3.12. The van der Waals surface area contributed by atoms with Crippen LogP contribution < -0.4 is 15.8 Å². The van der Waals surface area contributed by atoms with E-state index in [1.165, 1.54) is 13.8 Å². The molecule has 1 atom stereocenters. The standard InChI is InChI=1S/C18H18BrClN2O6/c1-4-26-18(25)13-8(2)28-17(14(13)15(21)23)22-16(24)9(3)27-12-6-5-10(20)7-11(12)19/h5-7,9H,4H2,1-3H3,(H2,21,23)(H,22,24). The van der Waals surface area contributed by atoms with E-state index in [-0.39, 0.29) is 29.4 Å². The van der Waals surface area contributed by atoms with Crippen LogP contribution in [0, 0.1) is 6.92 Å². The molecule has 0 aliphatic heterocycles. The number of aryl methyl sites for hydroxylation is 1. The third-order valence-corrected chi connectivity index (χ3v) is 4.47. The molecule has 0 spiro atoms. The van der Waals surface area contributed by atoms with E-state index in [0.29, 0.717) is 15.2 Å². The van der Waals surface area contributed by atoms with Crippen molar-refractivity contribution in [2.75, 3.05) is 11.9 Å². The van der Waals surface area contributed by atoms with Crippen LogP contribution in [0.4, 0.5) is 5.88 Å². The number of benzene rings is 1. The zero-order valence-electron chi connectivity index (χ0n) is 15.3. The van der Waals surface area contributed by atoms with Crippen molar-refractivity contribution in [2.45, 2.75) is 26.9 Å². The molecular weight excluding hydrogens is 456 g/mol. The van der Waals surface area contributed by atoms with Gasteiger partial charge in [-0.3, -0.25) is 14.9 Å². The fraction of sp³-hybridized carbons (Fsp3) is 0.278. The molecule has 0 aliphatic rings. The van der Waals surface area contributed by atoms with E-state index < -0.39 is 23.9 Å². The summed E-state index contributed by atoms with van der Waals surface area (Å²) >= 11 is 9.17. The number of halogens is 2. The Morgan fingerprint density at radius 3 is 2.57 bits per heavy atom. The summed E-state index contributed by atoms with van der Waals surface area (Å²) in [5.41, 5.74) is 4.98. The smallest absolute Gasteiger partial charge is 0.342 e. The van der Waals surface area contributed by atoms with Crippen molar-refractivity contribution in [1.29, 1.82) is 0 Å². The highest BCUT2D eigenvalue weighted by atomic mass is 79.9. The monoisotopic (exact) mass is 472 g/mol. The molecule has 1 aromatic carbocycles. The van der Waals surface area contributed by atoms with Crippen LogP contribution in [0.1, 0.15) is 40.3 Å². The second kappa shape index (κ2) is 9.11. The molecule has 2 rings (SSSR count). The predicted molar refractivity (Wildman–Crippen MR) is 106 cm³/mol. The Kier molecular flexibility index (Phi) is 7.09. The number of amides is 2. The minimum Gasteiger partial charge on any atom is -0.480 e. The summed E-state index contributed by atoms with van der Waals surface area (Å²) in [6.45, 7) is 4.68. The molecule has 150 valence electrons. The molecule has 1 heterocycles. The van der Waals surface area contributed by atoms with Gasteiger partial charge >= 0.3 is 5.97 Å². The number of hydrogen-bond acceptors (Lipinski definition) is 6. The van der Waals surface area contributed by atoms with Gasteiger partial charge in [0.05, 0.1) is 11.1 Å². The Bertz CT molecular complexity index is 927. The zero-order valence-corrected chi connectivity index (χ0v) is 17.6. The maximum absolute atomic E-state index is 12.5. The van der Waals surface area contributed by atoms with E-state index in [1.807, 2.05) is 0 Å². The van der Waals surface area contributed by atoms with E-state index in [2.05, 4.69) is 21.2 Å². The van der Waals surface area contributed by atoms with E-state index in [9.17, 15) is 14.4 Å². The number of nitrogens with one attached hydrogen (secondary N) is 1. The van der Waals surface area contributed by atoms with Crippen LogP contribution in [0.15, 0.2) is 27.1 Å². The predicted octanol–water partition coefficient (Wildman–Crippen LogP) is 3.69. The number of furan rings is 1. The quantitative estimate of drug-likeness (QED) is 0.592. The number of anilines is 1. The van der Waals surface area contributed by atoms with E-state index in [4.69, 9.17) is 31.2 Å². The fourth-order valence-electron chi connectivity index (χ4n) is 2.35. The molecule has 0 saturated carbocycles. The SMILES string of the molecule is CCOC(=O)c1c(C)oc(NC(=O)C(C)Oc2ccc(Cl)cc2Br)c1C(N)=O. The summed E-state index contributed by atoms with van der Waals surface area (Å²) in [7, 11) is 0. The molecule has 0 radical (unpaired) electrons. The molecule has 0 aliphatic carbocycles. The van der Waals surface area contributed by atoms with Gasteiger partial charge in [-0.05, 0) is 54.9 Å². The van der Waals surface area contributed by atoms with Crippen molar-refractivity contribution >= 4 is 51.2 Å². The van der Waals surface area contributed by atoms with Gasteiger partial charge in [-0.25, -0.2) is 4.79 Å². The lowest BCUT2D eigenvalue weighted by molar-refractivity contribution is -0.122. The third kappa shape index (κ3) is 4.85. The maximum atomic E-state index is 12.5. The van der Waals surface area contributed by atoms with E-state index in [1.54, 1.807) is 25.1 Å². The van der Waals surface area contributed by atoms with Crippen molar-refractivity contribution in [3.05, 3.63) is 44.6 Å². The van der Waals surface area contributed by atoms with Gasteiger partial charge < -0.3 is 19.6 Å². The van der Waals surface area contributed by atoms with Crippen LogP contribution in [0.2, 0.25) is 5.02 Å². The van der Waals surface area contributed by atoms with Crippen LogP contribution in [0.25, 0.3) is 0 Å². The van der Waals surface area contributed by atoms with Gasteiger partial charge in [-0.1, -0.05) is 11.6 Å². The molecule has 2 aromatic rings. The lowest BCUT2D eigenvalue weighted by Gasteiger charge is -2.15. The second-order valence-corrected chi connectivity index (χ2v) is 6.94. The van der Waals surface area contributed by atoms with Gasteiger partial charge in [0.1, 0.15) is 22.6 Å². The topological polar surface area (TPSA) is 121 Å². The van der Waals surface area contributed by atoms with Crippen molar-refractivity contribution in [3.63, 3.8) is 0 Å². The van der Waals surface area contributed by atoms with Gasteiger partial charge in [0.2, 0.25) is 5.88 Å². The Morgan fingerprint density at radius 2 is 2.00 bits per heavy atom. The first-order chi connectivity index (χ1) is 13.1. The highest BCUT2D eigenvalue weighted by Crippen LogP contribution is 2.30. The molecule has 2 amide bonds. The first-order valence-electron chi connectivity index (χ1n) is 8.18. The Labute approximate surface area is 174 Å². The summed E-state index contributed by atoms with van der Waals surface area (Å²) in [6.07, 6.45) is -0.963. The summed E-state index contributed by atoms with van der Waals surface area (Å²) in [5, 5.41) is 2.92. The largest absolute Gasteiger partial charge is 0.480 e. The van der Waals surface area contributed by atoms with Crippen molar-refractivity contribution in [1.82, 2.24) is 0 Å². The molecule has 1 aromatic heterocycles. The molecule has 0 fully saturated rings. The number of rotatable bonds is 7. The van der Waals surface area contributed by atoms with Crippen molar-refractivity contribution in [3.8, 4) is 5.75 Å².